The highest BCUT2D eigenvalue weighted by Crippen LogP contribution is 2.44. The second kappa shape index (κ2) is 4.62. The first-order valence-corrected chi connectivity index (χ1v) is 7.91. The van der Waals surface area contributed by atoms with Crippen molar-refractivity contribution in [1.29, 1.82) is 0 Å². The van der Waals surface area contributed by atoms with Gasteiger partial charge in [-0.25, -0.2) is 15.0 Å². The smallest absolute Gasteiger partial charge is 0.292 e. The number of aromatic nitrogens is 2. The number of nitrogens with zero attached hydrogens (tertiary/aromatic N) is 4. The Labute approximate surface area is 130 Å². The number of fused-ring (bicyclic) bond motifs is 2. The van der Waals surface area contributed by atoms with Gasteiger partial charge in [-0.2, -0.15) is 0 Å². The van der Waals surface area contributed by atoms with Crippen molar-refractivity contribution in [3.05, 3.63) is 22.1 Å². The summed E-state index contributed by atoms with van der Waals surface area (Å²) in [5, 5.41) is 15.5. The van der Waals surface area contributed by atoms with Crippen LogP contribution in [0.1, 0.15) is 12.8 Å². The summed E-state index contributed by atoms with van der Waals surface area (Å²) in [5.41, 5.74) is -0.421. The second-order valence-corrected chi connectivity index (χ2v) is 6.99. The van der Waals surface area contributed by atoms with Crippen molar-refractivity contribution in [2.24, 2.45) is 10.9 Å². The fourth-order valence-electron chi connectivity index (χ4n) is 3.63. The number of ether oxygens (including phenoxy) is 1. The Morgan fingerprint density at radius 1 is 1.33 bits per heavy atom. The summed E-state index contributed by atoms with van der Waals surface area (Å²) >= 11 is 3.29. The first kappa shape index (κ1) is 13.4. The van der Waals surface area contributed by atoms with Gasteiger partial charge in [-0.15, -0.1) is 0 Å². The zero-order chi connectivity index (χ0) is 14.5. The van der Waals surface area contributed by atoms with Gasteiger partial charge in [0, 0.05) is 31.2 Å². The maximum absolute atomic E-state index is 12.5. The van der Waals surface area contributed by atoms with Crippen molar-refractivity contribution in [1.82, 2.24) is 9.97 Å². The van der Waals surface area contributed by atoms with Crippen molar-refractivity contribution < 1.29 is 9.38 Å². The third-order valence-corrected chi connectivity index (χ3v) is 5.11. The Balaban J connectivity index is 1.48. The van der Waals surface area contributed by atoms with E-state index in [0.29, 0.717) is 44.1 Å². The number of hydrogen-bond donors (Lipinski definition) is 1. The van der Waals surface area contributed by atoms with Crippen LogP contribution in [0.3, 0.4) is 0 Å². The van der Waals surface area contributed by atoms with Gasteiger partial charge in [0.1, 0.15) is 6.54 Å². The minimum Gasteiger partial charge on any atom is -0.633 e. The van der Waals surface area contributed by atoms with Crippen LogP contribution >= 0.6 is 15.9 Å². The molecule has 0 aliphatic carbocycles. The maximum atomic E-state index is 12.5. The van der Waals surface area contributed by atoms with Gasteiger partial charge in [0.25, 0.3) is 6.02 Å². The van der Waals surface area contributed by atoms with E-state index >= 15 is 0 Å². The normalized spacial score (nSPS) is 37.4. The number of piperidine rings is 3. The Bertz CT molecular complexity index is 585. The average molecular weight is 354 g/mol. The van der Waals surface area contributed by atoms with Gasteiger partial charge in [0.05, 0.1) is 24.1 Å². The van der Waals surface area contributed by atoms with Gasteiger partial charge < -0.3 is 14.6 Å². The van der Waals surface area contributed by atoms with Crippen LogP contribution < -0.4 is 5.32 Å². The van der Waals surface area contributed by atoms with E-state index in [9.17, 15) is 5.21 Å². The van der Waals surface area contributed by atoms with Gasteiger partial charge in [-0.3, -0.25) is 5.32 Å². The lowest BCUT2D eigenvalue weighted by Gasteiger charge is -2.58. The molecular weight excluding hydrogens is 338 g/mol. The molecule has 0 aromatic carbocycles. The lowest BCUT2D eigenvalue weighted by Crippen LogP contribution is -2.67. The molecule has 1 atom stereocenters. The maximum Gasteiger partial charge on any atom is 0.292 e. The van der Waals surface area contributed by atoms with Gasteiger partial charge in [0.2, 0.25) is 5.95 Å². The minimum absolute atomic E-state index is 0.131. The van der Waals surface area contributed by atoms with E-state index in [1.54, 1.807) is 12.4 Å². The first-order chi connectivity index (χ1) is 10.1. The summed E-state index contributed by atoms with van der Waals surface area (Å²) in [6, 6.07) is 0.428. The third-order valence-electron chi connectivity index (χ3n) is 4.70. The number of hydroxylamine groups is 3. The molecule has 5 rings (SSSR count). The number of quaternary nitrogens is 1. The lowest BCUT2D eigenvalue weighted by atomic mass is 9.75. The summed E-state index contributed by atoms with van der Waals surface area (Å²) in [6.45, 7) is 2.50. The van der Waals surface area contributed by atoms with Crippen LogP contribution in [-0.4, -0.2) is 52.4 Å². The molecule has 4 aliphatic rings. The molecule has 21 heavy (non-hydrogen) atoms. The van der Waals surface area contributed by atoms with Crippen LogP contribution in [0.25, 0.3) is 0 Å². The van der Waals surface area contributed by atoms with E-state index in [0.717, 1.165) is 17.3 Å². The molecule has 0 saturated carbocycles. The van der Waals surface area contributed by atoms with E-state index in [2.05, 4.69) is 36.2 Å². The van der Waals surface area contributed by atoms with Gasteiger partial charge in [0.15, 0.2) is 5.60 Å². The Morgan fingerprint density at radius 3 is 2.71 bits per heavy atom. The van der Waals surface area contributed by atoms with Crippen LogP contribution in [-0.2, 0) is 4.74 Å². The SMILES string of the molecule is [O-][N+]12CCC(CC1)[C@]1(CN=C(Nc3ncc(Br)cn3)O1)C2. The molecule has 0 radical (unpaired) electrons. The predicted molar refractivity (Wildman–Crippen MR) is 80.4 cm³/mol. The van der Waals surface area contributed by atoms with Crippen molar-refractivity contribution >= 4 is 27.9 Å². The summed E-state index contributed by atoms with van der Waals surface area (Å²) in [4.78, 5) is 12.7. The standard InChI is InChI=1S/C13H16BrN5O2/c14-10-5-15-11(16-6-10)18-12-17-7-13(21-12)8-19(20)3-1-9(13)2-4-19/h5-6,9H,1-4,7-8H2,(H,15,16,17,18)/t9?,13-,19?/m0/s1. The molecule has 5 heterocycles. The molecule has 1 spiro atoms. The molecule has 3 fully saturated rings. The summed E-state index contributed by atoms with van der Waals surface area (Å²) < 4.78 is 6.74. The number of rotatable bonds is 1. The monoisotopic (exact) mass is 353 g/mol. The van der Waals surface area contributed by atoms with E-state index in [1.807, 2.05) is 0 Å². The van der Waals surface area contributed by atoms with Gasteiger partial charge >= 0.3 is 0 Å². The Morgan fingerprint density at radius 2 is 2.05 bits per heavy atom. The number of hydrogen-bond acceptors (Lipinski definition) is 6. The van der Waals surface area contributed by atoms with Crippen LogP contribution in [0.5, 0.6) is 0 Å². The molecule has 0 amide bonds. The van der Waals surface area contributed by atoms with Crippen molar-refractivity contribution in [2.45, 2.75) is 18.4 Å². The van der Waals surface area contributed by atoms with Gasteiger partial charge in [-0.05, 0) is 15.9 Å². The van der Waals surface area contributed by atoms with Crippen molar-refractivity contribution in [3.63, 3.8) is 0 Å². The van der Waals surface area contributed by atoms with E-state index in [1.165, 1.54) is 0 Å². The highest BCUT2D eigenvalue weighted by Gasteiger charge is 2.56. The number of amidine groups is 1. The molecule has 112 valence electrons. The number of nitrogens with one attached hydrogen (secondary N) is 1. The molecule has 7 nitrogen and oxygen atoms in total. The van der Waals surface area contributed by atoms with Crippen LogP contribution in [0.15, 0.2) is 21.9 Å². The second-order valence-electron chi connectivity index (χ2n) is 6.08. The molecule has 1 aromatic rings. The van der Waals surface area contributed by atoms with Crippen molar-refractivity contribution in [2.75, 3.05) is 31.5 Å². The fourth-order valence-corrected chi connectivity index (χ4v) is 3.84. The van der Waals surface area contributed by atoms with Crippen molar-refractivity contribution in [3.8, 4) is 0 Å². The molecule has 8 heteroatoms. The van der Waals surface area contributed by atoms with Gasteiger partial charge in [-0.1, -0.05) is 0 Å². The molecule has 1 aromatic heterocycles. The number of aliphatic imine (C=N–C) groups is 1. The molecule has 3 saturated heterocycles. The quantitative estimate of drug-likeness (QED) is 0.611. The zero-order valence-electron chi connectivity index (χ0n) is 11.5. The zero-order valence-corrected chi connectivity index (χ0v) is 13.0. The molecule has 0 unspecified atom stereocenters. The summed E-state index contributed by atoms with van der Waals surface area (Å²) in [7, 11) is 0. The molecule has 2 bridgehead atoms. The lowest BCUT2D eigenvalue weighted by molar-refractivity contribution is -0.905. The average Bonchev–Trinajstić information content (AvgIpc) is 2.84. The summed E-state index contributed by atoms with van der Waals surface area (Å²) in [6.07, 6.45) is 5.18. The predicted octanol–water partition coefficient (Wildman–Crippen LogP) is 1.51. The highest BCUT2D eigenvalue weighted by atomic mass is 79.9. The highest BCUT2D eigenvalue weighted by molar-refractivity contribution is 9.10. The number of halogens is 1. The topological polar surface area (TPSA) is 82.5 Å². The summed E-state index contributed by atoms with van der Waals surface area (Å²) in [5.74, 6) is 0.877. The van der Waals surface area contributed by atoms with E-state index < -0.39 is 5.60 Å². The number of anilines is 1. The molecular formula is C13H16BrN5O2. The first-order valence-electron chi connectivity index (χ1n) is 7.12. The minimum atomic E-state index is -0.421. The largest absolute Gasteiger partial charge is 0.633 e. The van der Waals surface area contributed by atoms with Crippen LogP contribution in [0.4, 0.5) is 5.95 Å². The van der Waals surface area contributed by atoms with Crippen LogP contribution in [0.2, 0.25) is 0 Å². The molecule has 1 N–H and O–H groups in total. The Hall–Kier alpha value is -1.25. The van der Waals surface area contributed by atoms with E-state index in [-0.39, 0.29) is 4.65 Å². The third kappa shape index (κ3) is 2.31. The Kier molecular flexibility index (Phi) is 2.95. The molecule has 4 aliphatic heterocycles. The van der Waals surface area contributed by atoms with E-state index in [4.69, 9.17) is 4.74 Å². The van der Waals surface area contributed by atoms with Crippen LogP contribution in [0, 0.1) is 11.1 Å². The fraction of sp³-hybridized carbons (Fsp3) is 0.615.